The first-order valence-corrected chi connectivity index (χ1v) is 7.07. The van der Waals surface area contributed by atoms with Gasteiger partial charge in [-0.3, -0.25) is 4.68 Å². The summed E-state index contributed by atoms with van der Waals surface area (Å²) in [7, 11) is 1.93. The van der Waals surface area contributed by atoms with E-state index in [9.17, 15) is 4.39 Å². The van der Waals surface area contributed by atoms with Gasteiger partial charge in [-0.15, -0.1) is 0 Å². The van der Waals surface area contributed by atoms with Crippen LogP contribution in [0.4, 0.5) is 4.39 Å². The van der Waals surface area contributed by atoms with Crippen molar-refractivity contribution in [2.45, 2.75) is 26.3 Å². The van der Waals surface area contributed by atoms with Crippen LogP contribution in [0, 0.1) is 12.7 Å². The Hall–Kier alpha value is -1.39. The number of hydrogen-bond donors (Lipinski definition) is 1. The highest BCUT2D eigenvalue weighted by Gasteiger charge is 2.17. The molecule has 1 unspecified atom stereocenters. The number of nitrogens with zero attached hydrogens (tertiary/aromatic N) is 2. The Kier molecular flexibility index (Phi) is 4.78. The van der Waals surface area contributed by atoms with E-state index in [1.165, 1.54) is 12.1 Å². The molecule has 2 rings (SSSR count). The molecule has 0 bridgehead atoms. The van der Waals surface area contributed by atoms with Crippen LogP contribution in [-0.2, 0) is 13.5 Å². The summed E-state index contributed by atoms with van der Waals surface area (Å²) in [5, 5.41) is 8.20. The van der Waals surface area contributed by atoms with Crippen LogP contribution in [0.2, 0.25) is 5.02 Å². The molecule has 20 heavy (non-hydrogen) atoms. The van der Waals surface area contributed by atoms with E-state index in [1.54, 1.807) is 6.07 Å². The van der Waals surface area contributed by atoms with E-state index in [-0.39, 0.29) is 11.9 Å². The molecule has 0 aliphatic carbocycles. The van der Waals surface area contributed by atoms with E-state index >= 15 is 0 Å². The zero-order valence-electron chi connectivity index (χ0n) is 12.0. The maximum Gasteiger partial charge on any atom is 0.124 e. The van der Waals surface area contributed by atoms with Gasteiger partial charge in [0.1, 0.15) is 5.82 Å². The summed E-state index contributed by atoms with van der Waals surface area (Å²) in [6.07, 6.45) is 0.760. The van der Waals surface area contributed by atoms with Gasteiger partial charge in [0.15, 0.2) is 0 Å². The largest absolute Gasteiger partial charge is 0.310 e. The monoisotopic (exact) mass is 295 g/mol. The van der Waals surface area contributed by atoms with Gasteiger partial charge < -0.3 is 5.32 Å². The molecule has 0 amide bonds. The zero-order chi connectivity index (χ0) is 14.7. The van der Waals surface area contributed by atoms with Gasteiger partial charge in [-0.05, 0) is 37.2 Å². The molecule has 0 aliphatic heterocycles. The predicted octanol–water partition coefficient (Wildman–Crippen LogP) is 3.41. The summed E-state index contributed by atoms with van der Waals surface area (Å²) in [5.74, 6) is -0.314. The topological polar surface area (TPSA) is 29.9 Å². The van der Waals surface area contributed by atoms with Crippen molar-refractivity contribution in [3.05, 3.63) is 52.1 Å². The Balaban J connectivity index is 2.29. The van der Waals surface area contributed by atoms with Crippen molar-refractivity contribution in [2.75, 3.05) is 6.54 Å². The molecule has 3 nitrogen and oxygen atoms in total. The standard InChI is InChI=1S/C15H19ClFN3/c1-4-18-15(9-12-7-10(2)19-20(12)3)13-6-5-11(17)8-14(13)16/h5-8,15,18H,4,9H2,1-3H3. The number of nitrogens with one attached hydrogen (secondary N) is 1. The number of aromatic nitrogens is 2. The smallest absolute Gasteiger partial charge is 0.124 e. The van der Waals surface area contributed by atoms with Crippen LogP contribution in [-0.4, -0.2) is 16.3 Å². The van der Waals surface area contributed by atoms with Crippen molar-refractivity contribution in [1.29, 1.82) is 0 Å². The summed E-state index contributed by atoms with van der Waals surface area (Å²) in [6.45, 7) is 4.82. The van der Waals surface area contributed by atoms with E-state index in [0.29, 0.717) is 5.02 Å². The third-order valence-corrected chi connectivity index (χ3v) is 3.63. The lowest BCUT2D eigenvalue weighted by atomic mass is 10.0. The Morgan fingerprint density at radius 1 is 1.40 bits per heavy atom. The molecule has 1 aromatic carbocycles. The highest BCUT2D eigenvalue weighted by molar-refractivity contribution is 6.31. The van der Waals surface area contributed by atoms with Gasteiger partial charge in [0.2, 0.25) is 0 Å². The molecular weight excluding hydrogens is 277 g/mol. The molecule has 0 radical (unpaired) electrons. The van der Waals surface area contributed by atoms with Gasteiger partial charge in [0.05, 0.1) is 5.69 Å². The Morgan fingerprint density at radius 3 is 2.70 bits per heavy atom. The van der Waals surface area contributed by atoms with E-state index in [2.05, 4.69) is 16.5 Å². The molecule has 108 valence electrons. The van der Waals surface area contributed by atoms with E-state index in [4.69, 9.17) is 11.6 Å². The molecule has 1 heterocycles. The van der Waals surface area contributed by atoms with Crippen molar-refractivity contribution < 1.29 is 4.39 Å². The third-order valence-electron chi connectivity index (χ3n) is 3.30. The normalized spacial score (nSPS) is 12.7. The Morgan fingerprint density at radius 2 is 2.15 bits per heavy atom. The third kappa shape index (κ3) is 3.38. The van der Waals surface area contributed by atoms with E-state index in [1.807, 2.05) is 25.6 Å². The van der Waals surface area contributed by atoms with Gasteiger partial charge in [-0.2, -0.15) is 5.10 Å². The predicted molar refractivity (Wildman–Crippen MR) is 79.5 cm³/mol. The van der Waals surface area contributed by atoms with Gasteiger partial charge >= 0.3 is 0 Å². The van der Waals surface area contributed by atoms with Crippen LogP contribution in [0.15, 0.2) is 24.3 Å². The van der Waals surface area contributed by atoms with Crippen molar-refractivity contribution in [1.82, 2.24) is 15.1 Å². The number of hydrogen-bond acceptors (Lipinski definition) is 2. The maximum absolute atomic E-state index is 13.2. The van der Waals surface area contributed by atoms with Crippen LogP contribution in [0.25, 0.3) is 0 Å². The number of rotatable bonds is 5. The van der Waals surface area contributed by atoms with Crippen LogP contribution in [0.3, 0.4) is 0 Å². The molecule has 2 aromatic rings. The van der Waals surface area contributed by atoms with Gasteiger partial charge in [0, 0.05) is 30.2 Å². The average molecular weight is 296 g/mol. The minimum atomic E-state index is -0.314. The number of benzene rings is 1. The average Bonchev–Trinajstić information content (AvgIpc) is 2.67. The van der Waals surface area contributed by atoms with Crippen molar-refractivity contribution in [2.24, 2.45) is 7.05 Å². The molecule has 0 aliphatic rings. The summed E-state index contributed by atoms with van der Waals surface area (Å²) in [6, 6.07) is 6.65. The highest BCUT2D eigenvalue weighted by Crippen LogP contribution is 2.26. The lowest BCUT2D eigenvalue weighted by molar-refractivity contribution is 0.527. The summed E-state index contributed by atoms with van der Waals surface area (Å²) in [5.41, 5.74) is 3.02. The van der Waals surface area contributed by atoms with Crippen LogP contribution >= 0.6 is 11.6 Å². The lowest BCUT2D eigenvalue weighted by Crippen LogP contribution is -2.24. The fraction of sp³-hybridized carbons (Fsp3) is 0.400. The maximum atomic E-state index is 13.2. The minimum Gasteiger partial charge on any atom is -0.310 e. The second-order valence-corrected chi connectivity index (χ2v) is 5.29. The summed E-state index contributed by atoms with van der Waals surface area (Å²) in [4.78, 5) is 0. The molecule has 1 atom stereocenters. The minimum absolute atomic E-state index is 0.0444. The first-order chi connectivity index (χ1) is 9.51. The van der Waals surface area contributed by atoms with Crippen LogP contribution < -0.4 is 5.32 Å². The van der Waals surface area contributed by atoms with E-state index in [0.717, 1.165) is 29.9 Å². The fourth-order valence-corrected chi connectivity index (χ4v) is 2.69. The molecule has 5 heteroatoms. The first kappa shape index (κ1) is 15.0. The van der Waals surface area contributed by atoms with E-state index < -0.39 is 0 Å². The number of likely N-dealkylation sites (N-methyl/N-ethyl adjacent to an activating group) is 1. The van der Waals surface area contributed by atoms with Crippen LogP contribution in [0.1, 0.15) is 29.9 Å². The highest BCUT2D eigenvalue weighted by atomic mass is 35.5. The molecule has 1 N–H and O–H groups in total. The summed E-state index contributed by atoms with van der Waals surface area (Å²) >= 11 is 6.17. The van der Waals surface area contributed by atoms with Crippen molar-refractivity contribution in [3.8, 4) is 0 Å². The SMILES string of the molecule is CCNC(Cc1cc(C)nn1C)c1ccc(F)cc1Cl. The summed E-state index contributed by atoms with van der Waals surface area (Å²) < 4.78 is 15.0. The molecule has 1 aromatic heterocycles. The Labute approximate surface area is 123 Å². The molecule has 0 saturated carbocycles. The molecule has 0 spiro atoms. The van der Waals surface area contributed by atoms with Crippen molar-refractivity contribution >= 4 is 11.6 Å². The molecular formula is C15H19ClFN3. The second-order valence-electron chi connectivity index (χ2n) is 4.88. The van der Waals surface area contributed by atoms with Gasteiger partial charge in [-0.25, -0.2) is 4.39 Å². The fourth-order valence-electron chi connectivity index (χ4n) is 2.39. The van der Waals surface area contributed by atoms with Crippen molar-refractivity contribution in [3.63, 3.8) is 0 Å². The molecule has 0 fully saturated rings. The van der Waals surface area contributed by atoms with Crippen LogP contribution in [0.5, 0.6) is 0 Å². The first-order valence-electron chi connectivity index (χ1n) is 6.69. The zero-order valence-corrected chi connectivity index (χ0v) is 12.7. The lowest BCUT2D eigenvalue weighted by Gasteiger charge is -2.19. The Bertz CT molecular complexity index is 595. The molecule has 0 saturated heterocycles. The number of halogens is 2. The second kappa shape index (κ2) is 6.37. The van der Waals surface area contributed by atoms with Gasteiger partial charge in [-0.1, -0.05) is 24.6 Å². The number of aryl methyl sites for hydroxylation is 2. The van der Waals surface area contributed by atoms with Gasteiger partial charge in [0.25, 0.3) is 0 Å². The quantitative estimate of drug-likeness (QED) is 0.916.